The van der Waals surface area contributed by atoms with E-state index in [1.807, 2.05) is 24.3 Å². The molecule has 0 saturated carbocycles. The van der Waals surface area contributed by atoms with Crippen molar-refractivity contribution in [2.45, 2.75) is 32.7 Å². The smallest absolute Gasteiger partial charge is 0.325 e. The number of rotatable bonds is 12. The van der Waals surface area contributed by atoms with Crippen LogP contribution >= 0.6 is 0 Å². The number of esters is 2. The molecule has 0 unspecified atom stereocenters. The molecule has 2 rings (SSSR count). The number of amides is 2. The summed E-state index contributed by atoms with van der Waals surface area (Å²) in [6, 6.07) is 11.1. The Morgan fingerprint density at radius 3 is 2.06 bits per heavy atom. The van der Waals surface area contributed by atoms with Crippen molar-refractivity contribution >= 4 is 40.5 Å². The van der Waals surface area contributed by atoms with Crippen molar-refractivity contribution in [2.24, 2.45) is 0 Å². The summed E-state index contributed by atoms with van der Waals surface area (Å²) in [5.41, 5.74) is 0.272. The van der Waals surface area contributed by atoms with Gasteiger partial charge in [0, 0.05) is 12.0 Å². The molecular weight excluding hydrogens is 444 g/mol. The van der Waals surface area contributed by atoms with Crippen LogP contribution in [0.3, 0.4) is 0 Å². The van der Waals surface area contributed by atoms with E-state index < -0.39 is 55.3 Å². The Morgan fingerprint density at radius 1 is 0.912 bits per heavy atom. The molecule has 0 spiro atoms. The van der Waals surface area contributed by atoms with E-state index in [0.29, 0.717) is 0 Å². The Hall–Kier alpha value is -3.95. The third-order valence-electron chi connectivity index (χ3n) is 4.82. The molecule has 2 aromatic rings. The van der Waals surface area contributed by atoms with E-state index in [4.69, 9.17) is 14.6 Å². The molecule has 0 radical (unpaired) electrons. The lowest BCUT2D eigenvalue weighted by atomic mass is 10.1. The molecule has 2 N–H and O–H groups in total. The second-order valence-electron chi connectivity index (χ2n) is 7.32. The zero-order valence-electron chi connectivity index (χ0n) is 19.1. The zero-order chi connectivity index (χ0) is 25.1. The Morgan fingerprint density at radius 2 is 1.50 bits per heavy atom. The zero-order valence-corrected chi connectivity index (χ0v) is 19.1. The van der Waals surface area contributed by atoms with E-state index in [1.54, 1.807) is 32.0 Å². The van der Waals surface area contributed by atoms with Crippen molar-refractivity contribution in [2.75, 3.05) is 26.3 Å². The van der Waals surface area contributed by atoms with Crippen molar-refractivity contribution in [1.29, 1.82) is 0 Å². The van der Waals surface area contributed by atoms with Crippen LogP contribution in [0.5, 0.6) is 0 Å². The maximum atomic E-state index is 13.2. The molecule has 0 aromatic heterocycles. The fourth-order valence-electron chi connectivity index (χ4n) is 3.25. The van der Waals surface area contributed by atoms with Crippen LogP contribution in [0.1, 0.15) is 37.0 Å². The van der Waals surface area contributed by atoms with Crippen LogP contribution in [0, 0.1) is 0 Å². The summed E-state index contributed by atoms with van der Waals surface area (Å²) in [6.07, 6.45) is -0.656. The number of hydrogen-bond donors (Lipinski definition) is 2. The number of aliphatic carboxylic acids is 1. The minimum atomic E-state index is -1.29. The molecule has 1 atom stereocenters. The van der Waals surface area contributed by atoms with Crippen LogP contribution < -0.4 is 5.32 Å². The number of benzene rings is 2. The molecule has 0 bridgehead atoms. The quantitative estimate of drug-likeness (QED) is 0.446. The van der Waals surface area contributed by atoms with Gasteiger partial charge >= 0.3 is 17.9 Å². The predicted molar refractivity (Wildman–Crippen MR) is 122 cm³/mol. The SMILES string of the molecule is CCOC(=O)CN(CC(=O)OCC)C(=O)[C@@H](CCC(=O)O)NC(=O)c1ccc2ccccc2c1. The lowest BCUT2D eigenvalue weighted by molar-refractivity contribution is -0.155. The van der Waals surface area contributed by atoms with Gasteiger partial charge in [-0.3, -0.25) is 24.0 Å². The van der Waals surface area contributed by atoms with Gasteiger partial charge in [0.2, 0.25) is 5.91 Å². The van der Waals surface area contributed by atoms with E-state index in [9.17, 15) is 24.0 Å². The molecule has 182 valence electrons. The van der Waals surface area contributed by atoms with E-state index in [2.05, 4.69) is 5.32 Å². The predicted octanol–water partition coefficient (Wildman–Crippen LogP) is 1.76. The third-order valence-corrected chi connectivity index (χ3v) is 4.82. The summed E-state index contributed by atoms with van der Waals surface area (Å²) in [6.45, 7) is 2.22. The maximum Gasteiger partial charge on any atom is 0.325 e. The largest absolute Gasteiger partial charge is 0.481 e. The van der Waals surface area contributed by atoms with Gasteiger partial charge in [-0.1, -0.05) is 30.3 Å². The van der Waals surface area contributed by atoms with Crippen molar-refractivity contribution in [1.82, 2.24) is 10.2 Å². The van der Waals surface area contributed by atoms with Crippen LogP contribution in [0.25, 0.3) is 10.8 Å². The molecule has 0 aliphatic heterocycles. The summed E-state index contributed by atoms with van der Waals surface area (Å²) >= 11 is 0. The van der Waals surface area contributed by atoms with Crippen LogP contribution in [-0.2, 0) is 28.7 Å². The van der Waals surface area contributed by atoms with Crippen LogP contribution in [0.2, 0.25) is 0 Å². The van der Waals surface area contributed by atoms with Crippen LogP contribution in [0.15, 0.2) is 42.5 Å². The van der Waals surface area contributed by atoms with Crippen LogP contribution in [0.4, 0.5) is 0 Å². The minimum Gasteiger partial charge on any atom is -0.481 e. The molecule has 0 saturated heterocycles. The fourth-order valence-corrected chi connectivity index (χ4v) is 3.25. The van der Waals surface area contributed by atoms with Gasteiger partial charge in [0.1, 0.15) is 19.1 Å². The summed E-state index contributed by atoms with van der Waals surface area (Å²) in [7, 11) is 0. The first kappa shape index (κ1) is 26.3. The lowest BCUT2D eigenvalue weighted by Gasteiger charge is -2.26. The summed E-state index contributed by atoms with van der Waals surface area (Å²) in [5.74, 6) is -4.06. The second-order valence-corrected chi connectivity index (χ2v) is 7.32. The highest BCUT2D eigenvalue weighted by Crippen LogP contribution is 2.16. The maximum absolute atomic E-state index is 13.2. The number of carbonyl (C=O) groups is 5. The van der Waals surface area contributed by atoms with Gasteiger partial charge in [-0.15, -0.1) is 0 Å². The molecule has 34 heavy (non-hydrogen) atoms. The molecular formula is C24H28N2O8. The number of carboxylic acid groups (broad SMARTS) is 1. The first-order valence-corrected chi connectivity index (χ1v) is 10.9. The highest BCUT2D eigenvalue weighted by molar-refractivity contribution is 6.01. The number of carbonyl (C=O) groups excluding carboxylic acids is 4. The Labute approximate surface area is 196 Å². The molecule has 0 aliphatic carbocycles. The number of ether oxygens (including phenoxy) is 2. The van der Waals surface area contributed by atoms with Gasteiger partial charge in [0.15, 0.2) is 0 Å². The minimum absolute atomic E-state index is 0.0708. The van der Waals surface area contributed by atoms with Crippen molar-refractivity contribution in [3.63, 3.8) is 0 Å². The van der Waals surface area contributed by atoms with Gasteiger partial charge in [-0.05, 0) is 43.2 Å². The topological polar surface area (TPSA) is 139 Å². The Kier molecular flexibility index (Phi) is 10.0. The number of carboxylic acids is 1. The van der Waals surface area contributed by atoms with Gasteiger partial charge in [-0.2, -0.15) is 0 Å². The summed E-state index contributed by atoms with van der Waals surface area (Å²) < 4.78 is 9.73. The van der Waals surface area contributed by atoms with Crippen molar-refractivity contribution in [3.8, 4) is 0 Å². The van der Waals surface area contributed by atoms with Crippen molar-refractivity contribution in [3.05, 3.63) is 48.0 Å². The van der Waals surface area contributed by atoms with E-state index in [1.165, 1.54) is 0 Å². The number of fused-ring (bicyclic) bond motifs is 1. The second kappa shape index (κ2) is 12.9. The molecule has 2 amide bonds. The van der Waals surface area contributed by atoms with Crippen LogP contribution in [-0.4, -0.2) is 72.1 Å². The fraction of sp³-hybridized carbons (Fsp3) is 0.375. The lowest BCUT2D eigenvalue weighted by Crippen LogP contribution is -2.51. The van der Waals surface area contributed by atoms with Gasteiger partial charge in [-0.25, -0.2) is 0 Å². The summed E-state index contributed by atoms with van der Waals surface area (Å²) in [5, 5.41) is 13.4. The molecule has 2 aromatic carbocycles. The first-order valence-electron chi connectivity index (χ1n) is 10.9. The van der Waals surface area contributed by atoms with Gasteiger partial charge in [0.05, 0.1) is 13.2 Å². The third kappa shape index (κ3) is 7.88. The number of nitrogens with zero attached hydrogens (tertiary/aromatic N) is 1. The van der Waals surface area contributed by atoms with E-state index >= 15 is 0 Å². The molecule has 10 heteroatoms. The highest BCUT2D eigenvalue weighted by atomic mass is 16.5. The standard InChI is InChI=1S/C24H28N2O8/c1-3-33-21(29)14-26(15-22(30)34-4-2)24(32)19(11-12-20(27)28)25-23(31)18-10-9-16-7-5-6-8-17(16)13-18/h5-10,13,19H,3-4,11-12,14-15H2,1-2H3,(H,25,31)(H,27,28)/t19-/m1/s1. The van der Waals surface area contributed by atoms with Crippen molar-refractivity contribution < 1.29 is 38.6 Å². The Bertz CT molecular complexity index is 1030. The first-order chi connectivity index (χ1) is 16.2. The number of hydrogen-bond acceptors (Lipinski definition) is 7. The highest BCUT2D eigenvalue weighted by Gasteiger charge is 2.30. The summed E-state index contributed by atoms with van der Waals surface area (Å²) in [4.78, 5) is 62.2. The molecule has 0 heterocycles. The monoisotopic (exact) mass is 472 g/mol. The average Bonchev–Trinajstić information content (AvgIpc) is 2.80. The number of nitrogens with one attached hydrogen (secondary N) is 1. The molecule has 0 fully saturated rings. The van der Waals surface area contributed by atoms with Gasteiger partial charge < -0.3 is 24.8 Å². The van der Waals surface area contributed by atoms with Gasteiger partial charge in [0.25, 0.3) is 5.91 Å². The molecule has 10 nitrogen and oxygen atoms in total. The Balaban J connectivity index is 2.27. The van der Waals surface area contributed by atoms with E-state index in [-0.39, 0.29) is 25.2 Å². The van der Waals surface area contributed by atoms with E-state index in [0.717, 1.165) is 15.7 Å². The normalized spacial score (nSPS) is 11.4. The average molecular weight is 472 g/mol. The molecule has 0 aliphatic rings.